The van der Waals surface area contributed by atoms with Gasteiger partial charge in [-0.15, -0.1) is 0 Å². The van der Waals surface area contributed by atoms with Gasteiger partial charge in [-0.3, -0.25) is 5.01 Å². The zero-order valence-corrected chi connectivity index (χ0v) is 15.5. The quantitative estimate of drug-likeness (QED) is 0.489. The molecule has 0 fully saturated rings. The lowest BCUT2D eigenvalue weighted by Gasteiger charge is -2.37. The predicted octanol–water partition coefficient (Wildman–Crippen LogP) is 3.07. The van der Waals surface area contributed by atoms with Crippen molar-refractivity contribution in [1.82, 2.24) is 0 Å². The van der Waals surface area contributed by atoms with Gasteiger partial charge < -0.3 is 4.90 Å². The molecule has 1 aromatic carbocycles. The number of nitrogens with zero attached hydrogens (tertiary/aromatic N) is 4. The van der Waals surface area contributed by atoms with Crippen molar-refractivity contribution in [2.24, 2.45) is 12.1 Å². The number of hydrazone groups is 1. The first-order valence-corrected chi connectivity index (χ1v) is 9.28. The van der Waals surface area contributed by atoms with Crippen molar-refractivity contribution in [1.29, 1.82) is 0 Å². The van der Waals surface area contributed by atoms with Crippen LogP contribution in [0.4, 0.5) is 11.4 Å². The SMILES string of the molecule is C/C(=N\N(C)c1cc2c3c(c1)CCCN3CCC2)c1cccc[n+]1C. The Bertz CT molecular complexity index is 793. The third-order valence-electron chi connectivity index (χ3n) is 5.42. The van der Waals surface area contributed by atoms with Crippen LogP contribution in [0.25, 0.3) is 0 Å². The molecule has 0 saturated heterocycles. The maximum absolute atomic E-state index is 4.86. The smallest absolute Gasteiger partial charge is 0.228 e. The Balaban J connectivity index is 1.68. The van der Waals surface area contributed by atoms with Crippen LogP contribution in [0.3, 0.4) is 0 Å². The molecule has 0 bridgehead atoms. The largest absolute Gasteiger partial charge is 0.371 e. The summed E-state index contributed by atoms with van der Waals surface area (Å²) in [6.45, 7) is 4.52. The molecule has 4 nitrogen and oxygen atoms in total. The molecular weight excluding hydrogens is 308 g/mol. The minimum absolute atomic E-state index is 1.03. The van der Waals surface area contributed by atoms with Crippen molar-refractivity contribution in [3.63, 3.8) is 0 Å². The highest BCUT2D eigenvalue weighted by molar-refractivity contribution is 5.96. The van der Waals surface area contributed by atoms with Crippen LogP contribution >= 0.6 is 0 Å². The molecule has 0 aliphatic carbocycles. The van der Waals surface area contributed by atoms with E-state index in [-0.39, 0.29) is 0 Å². The fraction of sp³-hybridized carbons (Fsp3) is 0.429. The van der Waals surface area contributed by atoms with Gasteiger partial charge in [-0.1, -0.05) is 0 Å². The van der Waals surface area contributed by atoms with E-state index in [0.717, 1.165) is 11.4 Å². The molecule has 25 heavy (non-hydrogen) atoms. The van der Waals surface area contributed by atoms with E-state index in [4.69, 9.17) is 5.10 Å². The Labute approximate surface area is 150 Å². The highest BCUT2D eigenvalue weighted by atomic mass is 15.4. The van der Waals surface area contributed by atoms with E-state index in [1.54, 1.807) is 0 Å². The van der Waals surface area contributed by atoms with Crippen LogP contribution in [-0.4, -0.2) is 25.8 Å². The third-order valence-corrected chi connectivity index (χ3v) is 5.42. The van der Waals surface area contributed by atoms with Crippen LogP contribution in [0.15, 0.2) is 41.6 Å². The van der Waals surface area contributed by atoms with E-state index in [2.05, 4.69) is 60.9 Å². The number of aromatic nitrogens is 1. The molecule has 0 unspecified atom stereocenters. The summed E-state index contributed by atoms with van der Waals surface area (Å²) >= 11 is 0. The summed E-state index contributed by atoms with van der Waals surface area (Å²) in [6, 6.07) is 10.9. The maximum atomic E-state index is 4.86. The van der Waals surface area contributed by atoms with Crippen LogP contribution in [0.5, 0.6) is 0 Å². The number of pyridine rings is 1. The highest BCUT2D eigenvalue weighted by Gasteiger charge is 2.24. The van der Waals surface area contributed by atoms with E-state index in [9.17, 15) is 0 Å². The molecule has 4 heteroatoms. The zero-order valence-electron chi connectivity index (χ0n) is 15.5. The van der Waals surface area contributed by atoms with Gasteiger partial charge in [0.15, 0.2) is 6.20 Å². The second kappa shape index (κ2) is 6.51. The summed E-state index contributed by atoms with van der Waals surface area (Å²) in [7, 11) is 4.12. The summed E-state index contributed by atoms with van der Waals surface area (Å²) in [4.78, 5) is 2.58. The second-order valence-corrected chi connectivity index (χ2v) is 7.21. The van der Waals surface area contributed by atoms with E-state index < -0.39 is 0 Å². The Morgan fingerprint density at radius 2 is 1.80 bits per heavy atom. The fourth-order valence-corrected chi connectivity index (χ4v) is 4.21. The molecule has 4 rings (SSSR count). The molecule has 1 aromatic heterocycles. The number of aryl methyl sites for hydroxylation is 3. The lowest BCUT2D eigenvalue weighted by molar-refractivity contribution is -0.672. The van der Waals surface area contributed by atoms with Gasteiger partial charge in [-0.2, -0.15) is 9.67 Å². The number of anilines is 2. The first-order chi connectivity index (χ1) is 12.1. The number of hydrogen-bond acceptors (Lipinski definition) is 3. The van der Waals surface area contributed by atoms with Crippen LogP contribution < -0.4 is 14.5 Å². The van der Waals surface area contributed by atoms with Gasteiger partial charge in [-0.05, 0) is 61.9 Å². The average molecular weight is 335 g/mol. The van der Waals surface area contributed by atoms with Crippen molar-refractivity contribution in [2.45, 2.75) is 32.6 Å². The van der Waals surface area contributed by atoms with Gasteiger partial charge in [0.1, 0.15) is 12.8 Å². The van der Waals surface area contributed by atoms with Crippen LogP contribution in [-0.2, 0) is 19.9 Å². The van der Waals surface area contributed by atoms with Gasteiger partial charge in [-0.25, -0.2) is 0 Å². The van der Waals surface area contributed by atoms with Crippen molar-refractivity contribution in [2.75, 3.05) is 30.0 Å². The normalized spacial score (nSPS) is 16.6. The molecule has 0 spiro atoms. The van der Waals surface area contributed by atoms with Crippen LogP contribution in [0.1, 0.15) is 36.6 Å². The Hall–Kier alpha value is -2.36. The first kappa shape index (κ1) is 16.1. The Kier molecular flexibility index (Phi) is 4.20. The van der Waals surface area contributed by atoms with E-state index in [0.29, 0.717) is 0 Å². The predicted molar refractivity (Wildman–Crippen MR) is 104 cm³/mol. The lowest BCUT2D eigenvalue weighted by Crippen LogP contribution is -2.35. The van der Waals surface area contributed by atoms with Crippen LogP contribution in [0, 0.1) is 0 Å². The van der Waals surface area contributed by atoms with Crippen molar-refractivity contribution in [3.8, 4) is 0 Å². The van der Waals surface area contributed by atoms with Gasteiger partial charge in [0, 0.05) is 38.0 Å². The maximum Gasteiger partial charge on any atom is 0.228 e. The third kappa shape index (κ3) is 3.01. The molecule has 0 N–H and O–H groups in total. The van der Waals surface area contributed by atoms with Gasteiger partial charge in [0.05, 0.1) is 5.69 Å². The Morgan fingerprint density at radius 1 is 1.12 bits per heavy atom. The molecule has 0 amide bonds. The summed E-state index contributed by atoms with van der Waals surface area (Å²) in [5.41, 5.74) is 7.89. The average Bonchev–Trinajstić information content (AvgIpc) is 2.62. The van der Waals surface area contributed by atoms with E-state index in [1.807, 2.05) is 11.1 Å². The molecule has 0 radical (unpaired) electrons. The van der Waals surface area contributed by atoms with Gasteiger partial charge in [0.25, 0.3) is 0 Å². The van der Waals surface area contributed by atoms with Crippen molar-refractivity contribution >= 4 is 17.1 Å². The van der Waals surface area contributed by atoms with Crippen molar-refractivity contribution in [3.05, 3.63) is 53.3 Å². The summed E-state index contributed by atoms with van der Waals surface area (Å²) < 4.78 is 2.11. The highest BCUT2D eigenvalue weighted by Crippen LogP contribution is 2.38. The summed E-state index contributed by atoms with van der Waals surface area (Å²) in [5, 5.41) is 6.89. The number of benzene rings is 1. The molecule has 130 valence electrons. The molecule has 2 aliphatic heterocycles. The first-order valence-electron chi connectivity index (χ1n) is 9.28. The van der Waals surface area contributed by atoms with E-state index >= 15 is 0 Å². The lowest BCUT2D eigenvalue weighted by atomic mass is 9.91. The monoisotopic (exact) mass is 335 g/mol. The molecule has 2 aromatic rings. The molecule has 0 saturated carbocycles. The topological polar surface area (TPSA) is 22.7 Å². The molecule has 0 atom stereocenters. The molecule has 3 heterocycles. The van der Waals surface area contributed by atoms with Gasteiger partial charge >= 0.3 is 0 Å². The minimum Gasteiger partial charge on any atom is -0.371 e. The summed E-state index contributed by atoms with van der Waals surface area (Å²) in [6.07, 6.45) is 6.98. The summed E-state index contributed by atoms with van der Waals surface area (Å²) in [5.74, 6) is 0. The molecule has 2 aliphatic rings. The number of hydrogen-bond donors (Lipinski definition) is 0. The van der Waals surface area contributed by atoms with Crippen LogP contribution in [0.2, 0.25) is 0 Å². The second-order valence-electron chi connectivity index (χ2n) is 7.21. The molecular formula is C21H27N4+. The standard InChI is InChI=1S/C21H27N4/c1-16(20-10-4-5-11-23(20)2)22-24(3)19-14-17-8-6-12-25-13-7-9-18(15-19)21(17)25/h4-5,10-11,14-15H,6-9,12-13H2,1-3H3/q+1. The number of rotatable bonds is 3. The van der Waals surface area contributed by atoms with Gasteiger partial charge in [0.2, 0.25) is 5.69 Å². The van der Waals surface area contributed by atoms with Crippen molar-refractivity contribution < 1.29 is 4.57 Å². The minimum atomic E-state index is 1.03. The van der Waals surface area contributed by atoms with E-state index in [1.165, 1.54) is 61.3 Å². The zero-order chi connectivity index (χ0) is 17.4. The fourth-order valence-electron chi connectivity index (χ4n) is 4.21. The Morgan fingerprint density at radius 3 is 2.44 bits per heavy atom.